The summed E-state index contributed by atoms with van der Waals surface area (Å²) in [6.07, 6.45) is -11.0. The highest BCUT2D eigenvalue weighted by Gasteiger charge is 2.52. The minimum atomic E-state index is -2.29. The number of rotatable bonds is 9. The number of esters is 3. The number of benzene rings is 4. The van der Waals surface area contributed by atoms with Crippen LogP contribution in [0.3, 0.4) is 0 Å². The van der Waals surface area contributed by atoms with Crippen LogP contribution >= 0.6 is 0 Å². The molecule has 1 aliphatic rings. The second-order valence-electron chi connectivity index (χ2n) is 12.1. The quantitative estimate of drug-likeness (QED) is 0.0494. The van der Waals surface area contributed by atoms with Gasteiger partial charge in [0.15, 0.2) is 69.7 Å². The van der Waals surface area contributed by atoms with Gasteiger partial charge in [0.2, 0.25) is 0 Å². The standard InChI is InChI=1S/C35H30O21/c1-10(36)23-14(37)8-15(38)24(29(23)49)30-32(56-35(52)13-6-20(43)27(47)21(44)7-13)31(55-34(51)12-4-18(41)26(46)19(42)5-12)28(48)22(54-30)9-53-33(50)11-2-16(39)25(45)17(40)3-11/h2-8,22,28,30-32,37-49H,9H2,1H3. The number of aliphatic hydroxyl groups is 1. The zero-order valence-electron chi connectivity index (χ0n) is 28.2. The lowest BCUT2D eigenvalue weighted by Gasteiger charge is -2.43. The first-order valence-electron chi connectivity index (χ1n) is 15.7. The Bertz CT molecular complexity index is 2200. The van der Waals surface area contributed by atoms with Crippen LogP contribution in [0.1, 0.15) is 60.0 Å². The Hall–Kier alpha value is -7.52. The number of carbonyl (C=O) groups excluding carboxylic acids is 4. The molecule has 5 unspecified atom stereocenters. The molecule has 1 saturated heterocycles. The Labute approximate surface area is 311 Å². The van der Waals surface area contributed by atoms with Gasteiger partial charge in [-0.3, -0.25) is 4.79 Å². The van der Waals surface area contributed by atoms with Crippen molar-refractivity contribution in [2.75, 3.05) is 6.61 Å². The van der Waals surface area contributed by atoms with Gasteiger partial charge in [-0.2, -0.15) is 0 Å². The fraction of sp³-hybridized carbons (Fsp3) is 0.200. The molecule has 0 spiro atoms. The molecule has 0 saturated carbocycles. The zero-order valence-corrected chi connectivity index (χ0v) is 28.2. The van der Waals surface area contributed by atoms with E-state index in [1.54, 1.807) is 0 Å². The van der Waals surface area contributed by atoms with E-state index in [2.05, 4.69) is 0 Å². The number of hydrogen-bond acceptors (Lipinski definition) is 21. The van der Waals surface area contributed by atoms with Gasteiger partial charge in [-0.15, -0.1) is 0 Å². The van der Waals surface area contributed by atoms with Crippen molar-refractivity contribution in [3.63, 3.8) is 0 Å². The van der Waals surface area contributed by atoms with Crippen molar-refractivity contribution in [3.8, 4) is 69.0 Å². The molecule has 1 heterocycles. The van der Waals surface area contributed by atoms with Crippen molar-refractivity contribution in [2.45, 2.75) is 37.4 Å². The van der Waals surface area contributed by atoms with Gasteiger partial charge in [-0.25, -0.2) is 14.4 Å². The van der Waals surface area contributed by atoms with Crippen LogP contribution in [-0.4, -0.2) is 121 Å². The van der Waals surface area contributed by atoms with E-state index in [9.17, 15) is 85.6 Å². The van der Waals surface area contributed by atoms with Gasteiger partial charge < -0.3 is 85.3 Å². The van der Waals surface area contributed by atoms with Crippen molar-refractivity contribution < 1.29 is 105 Å². The molecular weight excluding hydrogens is 756 g/mol. The second kappa shape index (κ2) is 15.1. The maximum absolute atomic E-state index is 13.5. The number of phenolic OH excluding ortho intramolecular Hbond substituents is 12. The fourth-order valence-corrected chi connectivity index (χ4v) is 5.64. The van der Waals surface area contributed by atoms with Gasteiger partial charge in [-0.1, -0.05) is 0 Å². The summed E-state index contributed by atoms with van der Waals surface area (Å²) < 4.78 is 22.0. The van der Waals surface area contributed by atoms with E-state index in [1.165, 1.54) is 0 Å². The number of Topliss-reactive ketones (excluding diaryl/α,β-unsaturated/α-hetero) is 1. The van der Waals surface area contributed by atoms with Gasteiger partial charge in [-0.05, 0) is 43.3 Å². The van der Waals surface area contributed by atoms with Gasteiger partial charge >= 0.3 is 17.9 Å². The molecule has 56 heavy (non-hydrogen) atoms. The lowest BCUT2D eigenvalue weighted by molar-refractivity contribution is -0.232. The first kappa shape index (κ1) is 39.7. The highest BCUT2D eigenvalue weighted by molar-refractivity contribution is 6.00. The second-order valence-corrected chi connectivity index (χ2v) is 12.1. The molecule has 0 radical (unpaired) electrons. The van der Waals surface area contributed by atoms with Crippen molar-refractivity contribution in [1.82, 2.24) is 0 Å². The largest absolute Gasteiger partial charge is 0.507 e. The van der Waals surface area contributed by atoms with Crippen LogP contribution in [0.25, 0.3) is 0 Å². The summed E-state index contributed by atoms with van der Waals surface area (Å²) in [6, 6.07) is 4.40. The molecule has 4 aromatic rings. The molecule has 296 valence electrons. The molecular formula is C35H30O21. The zero-order chi connectivity index (χ0) is 41.5. The number of aliphatic hydroxyl groups excluding tert-OH is 1. The van der Waals surface area contributed by atoms with Crippen molar-refractivity contribution >= 4 is 23.7 Å². The smallest absolute Gasteiger partial charge is 0.338 e. The summed E-state index contributed by atoms with van der Waals surface area (Å²) in [6.45, 7) is -0.163. The van der Waals surface area contributed by atoms with E-state index < -0.39 is 158 Å². The van der Waals surface area contributed by atoms with Crippen LogP contribution in [0.2, 0.25) is 0 Å². The number of carbonyl (C=O) groups is 4. The topological polar surface area (TPSA) is 368 Å². The first-order chi connectivity index (χ1) is 26.2. The number of phenols is 12. The van der Waals surface area contributed by atoms with Gasteiger partial charge in [0.1, 0.15) is 47.7 Å². The molecule has 0 bridgehead atoms. The van der Waals surface area contributed by atoms with E-state index in [0.717, 1.165) is 6.92 Å². The van der Waals surface area contributed by atoms with Crippen LogP contribution < -0.4 is 0 Å². The highest BCUT2D eigenvalue weighted by Crippen LogP contribution is 2.48. The van der Waals surface area contributed by atoms with Crippen LogP contribution in [-0.2, 0) is 18.9 Å². The van der Waals surface area contributed by atoms with Crippen LogP contribution in [0.5, 0.6) is 69.0 Å². The summed E-state index contributed by atoms with van der Waals surface area (Å²) in [5.74, 6) is -17.6. The van der Waals surface area contributed by atoms with Crippen LogP contribution in [0.15, 0.2) is 42.5 Å². The SMILES string of the molecule is CC(=O)c1c(O)cc(O)c(C2OC(COC(=O)c3cc(O)c(O)c(O)c3)C(O)C(OC(=O)c3cc(O)c(O)c(O)c3)C2OC(=O)c2cc(O)c(O)c(O)c2)c1O. The van der Waals surface area contributed by atoms with E-state index in [-0.39, 0.29) is 0 Å². The normalized spacial score (nSPS) is 19.1. The number of hydrogen-bond donors (Lipinski definition) is 13. The maximum Gasteiger partial charge on any atom is 0.338 e. The third-order valence-corrected chi connectivity index (χ3v) is 8.38. The van der Waals surface area contributed by atoms with Crippen LogP contribution in [0.4, 0.5) is 0 Å². The fourth-order valence-electron chi connectivity index (χ4n) is 5.64. The summed E-state index contributed by atoms with van der Waals surface area (Å²) in [5, 5.41) is 133. The molecule has 21 nitrogen and oxygen atoms in total. The van der Waals surface area contributed by atoms with Gasteiger partial charge in [0.25, 0.3) is 0 Å². The average Bonchev–Trinajstić information content (AvgIpc) is 3.12. The lowest BCUT2D eigenvalue weighted by Crippen LogP contribution is -2.58. The van der Waals surface area contributed by atoms with Crippen LogP contribution in [0, 0.1) is 0 Å². The Balaban J connectivity index is 1.65. The summed E-state index contributed by atoms with van der Waals surface area (Å²) in [4.78, 5) is 52.4. The molecule has 13 N–H and O–H groups in total. The summed E-state index contributed by atoms with van der Waals surface area (Å²) in [5.41, 5.74) is -3.63. The molecule has 1 aliphatic heterocycles. The molecule has 0 aliphatic carbocycles. The van der Waals surface area contributed by atoms with Crippen molar-refractivity contribution in [2.24, 2.45) is 0 Å². The molecule has 0 aromatic heterocycles. The number of ketones is 1. The molecule has 0 amide bonds. The Morgan fingerprint density at radius 1 is 0.536 bits per heavy atom. The lowest BCUT2D eigenvalue weighted by atomic mass is 9.88. The predicted molar refractivity (Wildman–Crippen MR) is 178 cm³/mol. The predicted octanol–water partition coefficient (Wildman–Crippen LogP) is 1.47. The highest BCUT2D eigenvalue weighted by atomic mass is 16.6. The Kier molecular flexibility index (Phi) is 10.7. The van der Waals surface area contributed by atoms with E-state index in [0.29, 0.717) is 42.5 Å². The molecule has 1 fully saturated rings. The van der Waals surface area contributed by atoms with Crippen molar-refractivity contribution in [1.29, 1.82) is 0 Å². The summed E-state index contributed by atoms with van der Waals surface area (Å²) in [7, 11) is 0. The van der Waals surface area contributed by atoms with E-state index in [1.807, 2.05) is 0 Å². The minimum absolute atomic E-state index is 0.554. The number of ether oxygens (including phenoxy) is 4. The van der Waals surface area contributed by atoms with Gasteiger partial charge in [0, 0.05) is 6.07 Å². The molecule has 5 atom stereocenters. The monoisotopic (exact) mass is 786 g/mol. The third-order valence-electron chi connectivity index (χ3n) is 8.38. The van der Waals surface area contributed by atoms with E-state index in [4.69, 9.17) is 18.9 Å². The minimum Gasteiger partial charge on any atom is -0.507 e. The molecule has 21 heteroatoms. The molecule has 5 rings (SSSR count). The first-order valence-corrected chi connectivity index (χ1v) is 15.7. The molecule has 4 aromatic carbocycles. The van der Waals surface area contributed by atoms with Crippen molar-refractivity contribution in [3.05, 3.63) is 70.3 Å². The maximum atomic E-state index is 13.5. The van der Waals surface area contributed by atoms with E-state index >= 15 is 0 Å². The third kappa shape index (κ3) is 7.47. The Morgan fingerprint density at radius 2 is 0.929 bits per heavy atom. The summed E-state index contributed by atoms with van der Waals surface area (Å²) >= 11 is 0. The Morgan fingerprint density at radius 3 is 1.34 bits per heavy atom. The average molecular weight is 787 g/mol. The van der Waals surface area contributed by atoms with Gasteiger partial charge in [0.05, 0.1) is 22.3 Å². The number of aromatic hydroxyl groups is 12.